The average Bonchev–Trinajstić information content (AvgIpc) is 2.41. The van der Waals surface area contributed by atoms with Crippen LogP contribution in [0, 0.1) is 4.77 Å². The van der Waals surface area contributed by atoms with Gasteiger partial charge in [0.05, 0.1) is 17.1 Å². The summed E-state index contributed by atoms with van der Waals surface area (Å²) in [5.74, 6) is 0. The number of rotatable bonds is 2. The molecule has 2 heterocycles. The summed E-state index contributed by atoms with van der Waals surface area (Å²) in [6.45, 7) is 4.37. The lowest BCUT2D eigenvalue weighted by Gasteiger charge is -2.01. The van der Waals surface area contributed by atoms with Crippen LogP contribution in [0.1, 0.15) is 0 Å². The normalized spacial score (nSPS) is 10.8. The van der Waals surface area contributed by atoms with E-state index in [-0.39, 0.29) is 0 Å². The number of nitrogens with one attached hydrogen (secondary N) is 1. The zero-order chi connectivity index (χ0) is 11.0. The van der Waals surface area contributed by atoms with Crippen LogP contribution in [0.15, 0.2) is 23.3 Å². The molecular weight excluding hydrogens is 298 g/mol. The van der Waals surface area contributed by atoms with Crippen molar-refractivity contribution < 1.29 is 0 Å². The molecule has 0 aliphatic carbocycles. The number of hydrogen-bond donors (Lipinski definition) is 1. The average molecular weight is 305 g/mol. The molecule has 0 aromatic carbocycles. The SMILES string of the molecule is C=C(Br)Cn1c(=S)[nH]c2cc(Cl)cnc21. The molecule has 78 valence electrons. The lowest BCUT2D eigenvalue weighted by atomic mass is 10.4. The molecule has 0 radical (unpaired) electrons. The van der Waals surface area contributed by atoms with Gasteiger partial charge in [-0.25, -0.2) is 4.98 Å². The van der Waals surface area contributed by atoms with Crippen molar-refractivity contribution in [3.63, 3.8) is 0 Å². The molecule has 0 aliphatic heterocycles. The molecule has 0 aliphatic rings. The molecule has 2 aromatic heterocycles. The standard InChI is InChI=1S/C9H7BrClN3S/c1-5(10)4-14-8-7(13-9(14)15)2-6(11)3-12-8/h2-3H,1,4H2,(H,13,15). The quantitative estimate of drug-likeness (QED) is 0.859. The third-order valence-corrected chi connectivity index (χ3v) is 2.69. The van der Waals surface area contributed by atoms with Crippen molar-refractivity contribution in [3.05, 3.63) is 33.1 Å². The Morgan fingerprint density at radius 1 is 1.73 bits per heavy atom. The molecule has 0 spiro atoms. The number of aromatic amines is 1. The largest absolute Gasteiger partial charge is 0.329 e. The van der Waals surface area contributed by atoms with E-state index in [0.717, 1.165) is 15.6 Å². The van der Waals surface area contributed by atoms with E-state index in [4.69, 9.17) is 23.8 Å². The number of hydrogen-bond acceptors (Lipinski definition) is 2. The second-order valence-corrected chi connectivity index (χ2v) is 5.00. The number of H-pyrrole nitrogens is 1. The fourth-order valence-corrected chi connectivity index (χ4v) is 2.01. The number of imidazole rings is 1. The first-order valence-electron chi connectivity index (χ1n) is 4.15. The van der Waals surface area contributed by atoms with Gasteiger partial charge in [0.1, 0.15) is 0 Å². The number of nitrogens with zero attached hydrogens (tertiary/aromatic N) is 2. The van der Waals surface area contributed by atoms with Crippen molar-refractivity contribution in [2.45, 2.75) is 6.54 Å². The maximum absolute atomic E-state index is 5.83. The summed E-state index contributed by atoms with van der Waals surface area (Å²) in [6.07, 6.45) is 1.60. The molecule has 6 heteroatoms. The van der Waals surface area contributed by atoms with Gasteiger partial charge >= 0.3 is 0 Å². The first-order valence-corrected chi connectivity index (χ1v) is 5.73. The van der Waals surface area contributed by atoms with E-state index in [9.17, 15) is 0 Å². The van der Waals surface area contributed by atoms with Crippen LogP contribution in [0.5, 0.6) is 0 Å². The van der Waals surface area contributed by atoms with Crippen LogP contribution in [-0.2, 0) is 6.54 Å². The fourth-order valence-electron chi connectivity index (χ4n) is 1.34. The van der Waals surface area contributed by atoms with Crippen LogP contribution >= 0.6 is 39.7 Å². The van der Waals surface area contributed by atoms with Gasteiger partial charge in [-0.2, -0.15) is 0 Å². The summed E-state index contributed by atoms with van der Waals surface area (Å²) in [5, 5.41) is 0.587. The van der Waals surface area contributed by atoms with Crippen LogP contribution in [0.3, 0.4) is 0 Å². The van der Waals surface area contributed by atoms with E-state index in [1.54, 1.807) is 12.3 Å². The Labute approximate surface area is 105 Å². The first kappa shape index (κ1) is 10.9. The summed E-state index contributed by atoms with van der Waals surface area (Å²) in [7, 11) is 0. The van der Waals surface area contributed by atoms with Crippen molar-refractivity contribution in [2.75, 3.05) is 0 Å². The Balaban J connectivity index is 2.68. The van der Waals surface area contributed by atoms with Gasteiger partial charge in [-0.05, 0) is 18.3 Å². The van der Waals surface area contributed by atoms with Gasteiger partial charge < -0.3 is 4.98 Å². The Bertz CT molecular complexity index is 587. The fraction of sp³-hybridized carbons (Fsp3) is 0.111. The van der Waals surface area contributed by atoms with Crippen LogP contribution in [0.25, 0.3) is 11.2 Å². The first-order chi connectivity index (χ1) is 7.08. The molecule has 0 bridgehead atoms. The second kappa shape index (κ2) is 4.08. The molecule has 3 nitrogen and oxygen atoms in total. The number of pyridine rings is 1. The van der Waals surface area contributed by atoms with E-state index in [1.165, 1.54) is 0 Å². The van der Waals surface area contributed by atoms with Crippen molar-refractivity contribution in [1.29, 1.82) is 0 Å². The highest BCUT2D eigenvalue weighted by Crippen LogP contribution is 2.18. The lowest BCUT2D eigenvalue weighted by molar-refractivity contribution is 0.818. The zero-order valence-corrected chi connectivity index (χ0v) is 10.8. The number of halogens is 2. The Morgan fingerprint density at radius 3 is 3.13 bits per heavy atom. The van der Waals surface area contributed by atoms with Gasteiger partial charge in [-0.1, -0.05) is 34.1 Å². The highest BCUT2D eigenvalue weighted by atomic mass is 79.9. The van der Waals surface area contributed by atoms with E-state index >= 15 is 0 Å². The summed E-state index contributed by atoms with van der Waals surface area (Å²) in [5.41, 5.74) is 1.62. The molecule has 0 saturated carbocycles. The third kappa shape index (κ3) is 2.14. The maximum Gasteiger partial charge on any atom is 0.179 e. The van der Waals surface area contributed by atoms with Crippen LogP contribution in [0.4, 0.5) is 0 Å². The molecule has 1 N–H and O–H groups in total. The smallest absolute Gasteiger partial charge is 0.179 e. The van der Waals surface area contributed by atoms with Gasteiger partial charge in [0.2, 0.25) is 0 Å². The summed E-state index contributed by atoms with van der Waals surface area (Å²) in [4.78, 5) is 7.27. The van der Waals surface area contributed by atoms with Crippen LogP contribution in [-0.4, -0.2) is 14.5 Å². The van der Waals surface area contributed by atoms with E-state index in [2.05, 4.69) is 32.5 Å². The van der Waals surface area contributed by atoms with Gasteiger partial charge in [0, 0.05) is 10.7 Å². The van der Waals surface area contributed by atoms with Gasteiger partial charge in [-0.15, -0.1) is 0 Å². The number of fused-ring (bicyclic) bond motifs is 1. The molecule has 0 amide bonds. The summed E-state index contributed by atoms with van der Waals surface area (Å²) in [6, 6.07) is 1.80. The molecule has 15 heavy (non-hydrogen) atoms. The Hall–Kier alpha value is -0.650. The Kier molecular flexibility index (Phi) is 2.95. The monoisotopic (exact) mass is 303 g/mol. The highest BCUT2D eigenvalue weighted by molar-refractivity contribution is 9.11. The molecule has 0 fully saturated rings. The highest BCUT2D eigenvalue weighted by Gasteiger charge is 2.06. The minimum Gasteiger partial charge on any atom is -0.329 e. The van der Waals surface area contributed by atoms with Crippen molar-refractivity contribution in [3.8, 4) is 0 Å². The Morgan fingerprint density at radius 2 is 2.47 bits per heavy atom. The number of aromatic nitrogens is 3. The maximum atomic E-state index is 5.83. The van der Waals surface area contributed by atoms with Crippen molar-refractivity contribution in [1.82, 2.24) is 14.5 Å². The molecule has 0 atom stereocenters. The second-order valence-electron chi connectivity index (χ2n) is 3.06. The minimum atomic E-state index is 0.587. The molecule has 2 rings (SSSR count). The molecular formula is C9H7BrClN3S. The minimum absolute atomic E-state index is 0.587. The summed E-state index contributed by atoms with van der Waals surface area (Å²) >= 11 is 14.3. The molecule has 0 saturated heterocycles. The summed E-state index contributed by atoms with van der Waals surface area (Å²) < 4.78 is 3.31. The van der Waals surface area contributed by atoms with Crippen molar-refractivity contribution in [2.24, 2.45) is 0 Å². The molecule has 0 unspecified atom stereocenters. The predicted molar refractivity (Wildman–Crippen MR) is 68.0 cm³/mol. The van der Waals surface area contributed by atoms with E-state index in [1.807, 2.05) is 4.57 Å². The van der Waals surface area contributed by atoms with Gasteiger partial charge in [0.15, 0.2) is 10.4 Å². The topological polar surface area (TPSA) is 33.6 Å². The lowest BCUT2D eigenvalue weighted by Crippen LogP contribution is -1.98. The number of allylic oxidation sites excluding steroid dienone is 1. The van der Waals surface area contributed by atoms with Gasteiger partial charge in [0.25, 0.3) is 0 Å². The van der Waals surface area contributed by atoms with E-state index in [0.29, 0.717) is 16.3 Å². The van der Waals surface area contributed by atoms with Crippen LogP contribution in [0.2, 0.25) is 5.02 Å². The third-order valence-electron chi connectivity index (χ3n) is 1.91. The zero-order valence-electron chi connectivity index (χ0n) is 7.63. The predicted octanol–water partition coefficient (Wildman–Crippen LogP) is 3.66. The van der Waals surface area contributed by atoms with Crippen LogP contribution < -0.4 is 0 Å². The van der Waals surface area contributed by atoms with E-state index < -0.39 is 0 Å². The molecule has 2 aromatic rings. The van der Waals surface area contributed by atoms with Gasteiger partial charge in [-0.3, -0.25) is 4.57 Å². The van der Waals surface area contributed by atoms with Crippen molar-refractivity contribution >= 4 is 50.9 Å².